The van der Waals surface area contributed by atoms with E-state index in [2.05, 4.69) is 15.5 Å². The number of nitrogens with zero attached hydrogens (tertiary/aromatic N) is 2. The highest BCUT2D eigenvalue weighted by atomic mass is 35.5. The molecule has 0 radical (unpaired) electrons. The van der Waals surface area contributed by atoms with Crippen LogP contribution in [0.25, 0.3) is 10.6 Å². The van der Waals surface area contributed by atoms with Gasteiger partial charge in [-0.15, -0.1) is 10.2 Å². The normalized spacial score (nSPS) is 11.4. The number of hydrogen-bond donors (Lipinski definition) is 1. The first kappa shape index (κ1) is 15.2. The number of hydrogen-bond acceptors (Lipinski definition) is 4. The van der Waals surface area contributed by atoms with Gasteiger partial charge in [0.1, 0.15) is 5.01 Å². The van der Waals surface area contributed by atoms with Crippen molar-refractivity contribution in [2.75, 3.05) is 5.32 Å². The number of nitrogens with one attached hydrogen (secondary N) is 1. The van der Waals surface area contributed by atoms with Gasteiger partial charge in [-0.05, 0) is 12.1 Å². The van der Waals surface area contributed by atoms with Crippen molar-refractivity contribution >= 4 is 45.6 Å². The molecule has 1 heterocycles. The molecule has 20 heavy (non-hydrogen) atoms. The van der Waals surface area contributed by atoms with Gasteiger partial charge in [0.05, 0.1) is 10.0 Å². The molecule has 0 saturated heterocycles. The highest BCUT2D eigenvalue weighted by Gasteiger charge is 2.22. The van der Waals surface area contributed by atoms with Crippen LogP contribution in [0.15, 0.2) is 18.2 Å². The van der Waals surface area contributed by atoms with E-state index in [1.165, 1.54) is 11.3 Å². The maximum absolute atomic E-state index is 11.9. The summed E-state index contributed by atoms with van der Waals surface area (Å²) in [6, 6.07) is 5.23. The zero-order valence-electron chi connectivity index (χ0n) is 11.2. The predicted octanol–water partition coefficient (Wildman–Crippen LogP) is 4.50. The molecule has 0 aliphatic heterocycles. The van der Waals surface area contributed by atoms with Crippen LogP contribution in [0.5, 0.6) is 0 Å². The zero-order valence-corrected chi connectivity index (χ0v) is 13.5. The van der Waals surface area contributed by atoms with E-state index in [1.807, 2.05) is 26.8 Å². The van der Waals surface area contributed by atoms with Crippen LogP contribution in [0.2, 0.25) is 10.0 Å². The first-order valence-electron chi connectivity index (χ1n) is 5.88. The minimum Gasteiger partial charge on any atom is -0.300 e. The van der Waals surface area contributed by atoms with Crippen molar-refractivity contribution in [1.82, 2.24) is 10.2 Å². The third-order valence-corrected chi connectivity index (χ3v) is 4.12. The van der Waals surface area contributed by atoms with Crippen LogP contribution < -0.4 is 5.32 Å². The molecule has 0 atom stereocenters. The number of amides is 1. The summed E-state index contributed by atoms with van der Waals surface area (Å²) in [5.74, 6) is -0.102. The van der Waals surface area contributed by atoms with E-state index in [0.29, 0.717) is 20.2 Å². The highest BCUT2D eigenvalue weighted by Crippen LogP contribution is 2.31. The second-order valence-corrected chi connectivity index (χ2v) is 7.04. The van der Waals surface area contributed by atoms with Gasteiger partial charge in [0, 0.05) is 11.0 Å². The van der Waals surface area contributed by atoms with Gasteiger partial charge in [-0.3, -0.25) is 4.79 Å². The topological polar surface area (TPSA) is 54.9 Å². The van der Waals surface area contributed by atoms with Gasteiger partial charge in [-0.25, -0.2) is 0 Å². The Morgan fingerprint density at radius 3 is 2.50 bits per heavy atom. The molecular weight excluding hydrogens is 317 g/mol. The van der Waals surface area contributed by atoms with E-state index in [9.17, 15) is 4.79 Å². The quantitative estimate of drug-likeness (QED) is 0.882. The van der Waals surface area contributed by atoms with E-state index in [0.717, 1.165) is 5.56 Å². The van der Waals surface area contributed by atoms with E-state index in [1.54, 1.807) is 12.1 Å². The van der Waals surface area contributed by atoms with Gasteiger partial charge < -0.3 is 5.32 Å². The average Bonchev–Trinajstić information content (AvgIpc) is 2.80. The summed E-state index contributed by atoms with van der Waals surface area (Å²) in [7, 11) is 0. The average molecular weight is 330 g/mol. The maximum atomic E-state index is 11.9. The van der Waals surface area contributed by atoms with Crippen LogP contribution >= 0.6 is 34.5 Å². The highest BCUT2D eigenvalue weighted by molar-refractivity contribution is 7.18. The van der Waals surface area contributed by atoms with E-state index in [4.69, 9.17) is 23.2 Å². The van der Waals surface area contributed by atoms with Crippen molar-refractivity contribution in [2.24, 2.45) is 5.41 Å². The molecule has 1 aromatic heterocycles. The van der Waals surface area contributed by atoms with E-state index in [-0.39, 0.29) is 5.91 Å². The number of rotatable bonds is 2. The Morgan fingerprint density at radius 2 is 1.90 bits per heavy atom. The Bertz CT molecular complexity index is 649. The molecule has 0 bridgehead atoms. The summed E-state index contributed by atoms with van der Waals surface area (Å²) in [4.78, 5) is 11.9. The predicted molar refractivity (Wildman–Crippen MR) is 83.4 cm³/mol. The van der Waals surface area contributed by atoms with Crippen LogP contribution in [0.4, 0.5) is 5.13 Å². The van der Waals surface area contributed by atoms with Gasteiger partial charge in [0.25, 0.3) is 0 Å². The molecule has 4 nitrogen and oxygen atoms in total. The monoisotopic (exact) mass is 329 g/mol. The first-order valence-corrected chi connectivity index (χ1v) is 7.45. The summed E-state index contributed by atoms with van der Waals surface area (Å²) in [5, 5.41) is 12.8. The molecule has 0 saturated carbocycles. The fourth-order valence-electron chi connectivity index (χ4n) is 1.30. The van der Waals surface area contributed by atoms with Crippen molar-refractivity contribution < 1.29 is 4.79 Å². The second-order valence-electron chi connectivity index (χ2n) is 5.25. The SMILES string of the molecule is CC(C)(C)C(=O)Nc1nnc(-c2ccc(Cl)c(Cl)c2)s1. The molecule has 2 aromatic rings. The van der Waals surface area contributed by atoms with Crippen LogP contribution in [0.3, 0.4) is 0 Å². The van der Waals surface area contributed by atoms with Gasteiger partial charge >= 0.3 is 0 Å². The minimum atomic E-state index is -0.477. The molecule has 0 aliphatic carbocycles. The van der Waals surface area contributed by atoms with Crippen molar-refractivity contribution in [3.05, 3.63) is 28.2 Å². The number of carbonyl (C=O) groups is 1. The Morgan fingerprint density at radius 1 is 1.20 bits per heavy atom. The second kappa shape index (κ2) is 5.68. The number of anilines is 1. The third kappa shape index (κ3) is 3.48. The molecule has 1 amide bonds. The Kier molecular flexibility index (Phi) is 4.32. The lowest BCUT2D eigenvalue weighted by Gasteiger charge is -2.15. The molecule has 0 fully saturated rings. The molecule has 2 rings (SSSR count). The van der Waals surface area contributed by atoms with E-state index >= 15 is 0 Å². The number of carbonyl (C=O) groups excluding carboxylic acids is 1. The smallest absolute Gasteiger partial charge is 0.231 e. The number of halogens is 2. The Labute approximate surface area is 131 Å². The van der Waals surface area contributed by atoms with Crippen LogP contribution in [-0.2, 0) is 4.79 Å². The summed E-state index contributed by atoms with van der Waals surface area (Å²) < 4.78 is 0. The number of aromatic nitrogens is 2. The molecule has 0 unspecified atom stereocenters. The van der Waals surface area contributed by atoms with Crippen LogP contribution in [0.1, 0.15) is 20.8 Å². The summed E-state index contributed by atoms with van der Waals surface area (Å²) in [5.41, 5.74) is 0.336. The van der Waals surface area contributed by atoms with Crippen molar-refractivity contribution in [1.29, 1.82) is 0 Å². The molecule has 1 N–H and O–H groups in total. The molecule has 7 heteroatoms. The van der Waals surface area contributed by atoms with Gasteiger partial charge in [-0.1, -0.05) is 61.4 Å². The molecule has 0 spiro atoms. The molecule has 0 aliphatic rings. The summed E-state index contributed by atoms with van der Waals surface area (Å²) >= 11 is 13.1. The van der Waals surface area contributed by atoms with Crippen LogP contribution in [0, 0.1) is 5.41 Å². The zero-order chi connectivity index (χ0) is 14.9. The first-order chi connectivity index (χ1) is 9.27. The van der Waals surface area contributed by atoms with Gasteiger partial charge in [0.2, 0.25) is 11.0 Å². The molecular formula is C13H13Cl2N3OS. The maximum Gasteiger partial charge on any atom is 0.231 e. The van der Waals surface area contributed by atoms with E-state index < -0.39 is 5.41 Å². The lowest BCUT2D eigenvalue weighted by atomic mass is 9.96. The lowest BCUT2D eigenvalue weighted by Crippen LogP contribution is -2.27. The Hall–Kier alpha value is -1.17. The lowest BCUT2D eigenvalue weighted by molar-refractivity contribution is -0.123. The summed E-state index contributed by atoms with van der Waals surface area (Å²) in [6.07, 6.45) is 0. The van der Waals surface area contributed by atoms with Crippen molar-refractivity contribution in [3.63, 3.8) is 0 Å². The van der Waals surface area contributed by atoms with Gasteiger partial charge in [-0.2, -0.15) is 0 Å². The molecule has 106 valence electrons. The standard InChI is InChI=1S/C13H13Cl2N3OS/c1-13(2,3)11(19)16-12-18-17-10(20-12)7-4-5-8(14)9(15)6-7/h4-6H,1-3H3,(H,16,18,19). The van der Waals surface area contributed by atoms with Gasteiger partial charge in [0.15, 0.2) is 0 Å². The number of benzene rings is 1. The van der Waals surface area contributed by atoms with Crippen molar-refractivity contribution in [3.8, 4) is 10.6 Å². The fourth-order valence-corrected chi connectivity index (χ4v) is 2.34. The van der Waals surface area contributed by atoms with Crippen LogP contribution in [-0.4, -0.2) is 16.1 Å². The third-order valence-electron chi connectivity index (χ3n) is 2.49. The summed E-state index contributed by atoms with van der Waals surface area (Å²) in [6.45, 7) is 5.51. The minimum absolute atomic E-state index is 0.102. The van der Waals surface area contributed by atoms with Crippen molar-refractivity contribution in [2.45, 2.75) is 20.8 Å². The fraction of sp³-hybridized carbons (Fsp3) is 0.308. The Balaban J connectivity index is 2.21. The largest absolute Gasteiger partial charge is 0.300 e. The molecule has 1 aromatic carbocycles.